The number of carbonyl (C=O) groups is 1. The summed E-state index contributed by atoms with van der Waals surface area (Å²) in [7, 11) is 1.69. The van der Waals surface area contributed by atoms with E-state index in [9.17, 15) is 4.79 Å². The molecule has 170 valence electrons. The van der Waals surface area contributed by atoms with Gasteiger partial charge in [-0.15, -0.1) is 0 Å². The van der Waals surface area contributed by atoms with Gasteiger partial charge < -0.3 is 24.4 Å². The molecule has 0 bridgehead atoms. The van der Waals surface area contributed by atoms with Crippen LogP contribution in [0.2, 0.25) is 0 Å². The number of aromatic nitrogens is 1. The smallest absolute Gasteiger partial charge is 0.253 e. The first kappa shape index (κ1) is 23.4. The minimum Gasteiger partial charge on any atom is -0.493 e. The van der Waals surface area contributed by atoms with Gasteiger partial charge in [-0.2, -0.15) is 0 Å². The van der Waals surface area contributed by atoms with Gasteiger partial charge in [0.25, 0.3) is 5.91 Å². The lowest BCUT2D eigenvalue weighted by Gasteiger charge is -2.34. The molecule has 31 heavy (non-hydrogen) atoms. The van der Waals surface area contributed by atoms with Gasteiger partial charge in [0, 0.05) is 50.7 Å². The van der Waals surface area contributed by atoms with E-state index in [4.69, 9.17) is 19.2 Å². The highest BCUT2D eigenvalue weighted by Crippen LogP contribution is 2.27. The molecule has 1 aromatic carbocycles. The molecule has 1 aromatic heterocycles. The summed E-state index contributed by atoms with van der Waals surface area (Å²) in [6, 6.07) is 10.0. The summed E-state index contributed by atoms with van der Waals surface area (Å²) >= 11 is 0. The van der Waals surface area contributed by atoms with Gasteiger partial charge in [0.15, 0.2) is 0 Å². The molecule has 1 saturated heterocycles. The summed E-state index contributed by atoms with van der Waals surface area (Å²) in [5, 5.41) is 4.23. The molecule has 0 radical (unpaired) electrons. The first-order chi connectivity index (χ1) is 15.1. The molecule has 1 N–H and O–H groups in total. The van der Waals surface area contributed by atoms with Gasteiger partial charge in [-0.3, -0.25) is 9.78 Å². The fourth-order valence-corrected chi connectivity index (χ4v) is 3.89. The average molecular weight is 430 g/mol. The van der Waals surface area contributed by atoms with Crippen molar-refractivity contribution in [2.24, 2.45) is 0 Å². The van der Waals surface area contributed by atoms with Crippen molar-refractivity contribution < 1.29 is 19.0 Å². The van der Waals surface area contributed by atoms with E-state index in [2.05, 4.69) is 19.2 Å². The molecule has 7 heteroatoms. The number of rotatable bonds is 11. The molecular weight excluding hydrogens is 394 g/mol. The first-order valence-electron chi connectivity index (χ1n) is 11.3. The fourth-order valence-electron chi connectivity index (χ4n) is 3.89. The molecule has 1 fully saturated rings. The van der Waals surface area contributed by atoms with Crippen molar-refractivity contribution in [1.29, 1.82) is 0 Å². The van der Waals surface area contributed by atoms with Crippen LogP contribution in [-0.4, -0.2) is 68.0 Å². The Hall–Kier alpha value is -2.22. The molecule has 0 aliphatic carbocycles. The zero-order valence-corrected chi connectivity index (χ0v) is 18.9. The SMILES string of the molecule is CCCC(C)N(Cc1cc(OCCCOC)c2ccccc2n1)C(=O)[C@H]1CNCCO1. The maximum atomic E-state index is 13.3. The maximum absolute atomic E-state index is 13.3. The third kappa shape index (κ3) is 6.38. The summed E-state index contributed by atoms with van der Waals surface area (Å²) in [5.41, 5.74) is 1.69. The van der Waals surface area contributed by atoms with E-state index in [1.54, 1.807) is 7.11 Å². The maximum Gasteiger partial charge on any atom is 0.253 e. The molecule has 0 spiro atoms. The lowest BCUT2D eigenvalue weighted by molar-refractivity contribution is -0.148. The van der Waals surface area contributed by atoms with Crippen molar-refractivity contribution in [2.75, 3.05) is 40.0 Å². The van der Waals surface area contributed by atoms with Crippen LogP contribution in [0.4, 0.5) is 0 Å². The summed E-state index contributed by atoms with van der Waals surface area (Å²) in [6.07, 6.45) is 2.30. The quantitative estimate of drug-likeness (QED) is 0.553. The summed E-state index contributed by atoms with van der Waals surface area (Å²) < 4.78 is 16.9. The third-order valence-corrected chi connectivity index (χ3v) is 5.54. The van der Waals surface area contributed by atoms with Crippen LogP contribution in [0.3, 0.4) is 0 Å². The van der Waals surface area contributed by atoms with Crippen LogP contribution in [0.1, 0.15) is 38.8 Å². The van der Waals surface area contributed by atoms with Crippen LogP contribution in [0.15, 0.2) is 30.3 Å². The molecule has 1 aliphatic heterocycles. The minimum atomic E-state index is -0.446. The minimum absolute atomic E-state index is 0.0191. The molecule has 1 unspecified atom stereocenters. The lowest BCUT2D eigenvalue weighted by atomic mass is 10.1. The van der Waals surface area contributed by atoms with Gasteiger partial charge in [0.1, 0.15) is 11.9 Å². The van der Waals surface area contributed by atoms with Crippen LogP contribution in [0.5, 0.6) is 5.75 Å². The molecule has 0 saturated carbocycles. The standard InChI is InChI=1S/C24H35N3O4/c1-4-8-18(2)27(24(28)23-16-25-11-14-31-23)17-19-15-22(30-13-7-12-29-3)20-9-5-6-10-21(20)26-19/h5-6,9-10,15,18,23,25H,4,7-8,11-14,16-17H2,1-3H3/t18?,23-/m1/s1. The zero-order chi connectivity index (χ0) is 22.1. The third-order valence-electron chi connectivity index (χ3n) is 5.54. The van der Waals surface area contributed by atoms with Gasteiger partial charge in [0.05, 0.1) is 31.0 Å². The van der Waals surface area contributed by atoms with Crippen LogP contribution in [0, 0.1) is 0 Å². The Bertz CT molecular complexity index is 839. The van der Waals surface area contributed by atoms with E-state index in [1.807, 2.05) is 35.2 Å². The number of hydrogen-bond acceptors (Lipinski definition) is 6. The van der Waals surface area contributed by atoms with Crippen LogP contribution in [-0.2, 0) is 20.8 Å². The molecule has 2 heterocycles. The van der Waals surface area contributed by atoms with Gasteiger partial charge >= 0.3 is 0 Å². The number of ether oxygens (including phenoxy) is 3. The number of morpholine rings is 1. The highest BCUT2D eigenvalue weighted by molar-refractivity contribution is 5.85. The van der Waals surface area contributed by atoms with E-state index in [-0.39, 0.29) is 11.9 Å². The summed E-state index contributed by atoms with van der Waals surface area (Å²) in [4.78, 5) is 20.0. The Kier molecular flexibility index (Phi) is 9.06. The predicted molar refractivity (Wildman–Crippen MR) is 121 cm³/mol. The van der Waals surface area contributed by atoms with E-state index in [0.29, 0.717) is 32.9 Å². The van der Waals surface area contributed by atoms with Crippen molar-refractivity contribution in [1.82, 2.24) is 15.2 Å². The molecule has 7 nitrogen and oxygen atoms in total. The normalized spacial score (nSPS) is 17.5. The fraction of sp³-hybridized carbons (Fsp3) is 0.583. The monoisotopic (exact) mass is 429 g/mol. The number of nitrogens with zero attached hydrogens (tertiary/aromatic N) is 2. The van der Waals surface area contributed by atoms with Crippen molar-refractivity contribution in [3.63, 3.8) is 0 Å². The average Bonchev–Trinajstić information content (AvgIpc) is 2.80. The number of amides is 1. The van der Waals surface area contributed by atoms with E-state index < -0.39 is 6.10 Å². The second-order valence-corrected chi connectivity index (χ2v) is 7.99. The Morgan fingerprint density at radius 3 is 2.94 bits per heavy atom. The second-order valence-electron chi connectivity index (χ2n) is 7.99. The van der Waals surface area contributed by atoms with E-state index >= 15 is 0 Å². The molecule has 3 rings (SSSR count). The van der Waals surface area contributed by atoms with Crippen molar-refractivity contribution in [3.05, 3.63) is 36.0 Å². The number of pyridine rings is 1. The largest absolute Gasteiger partial charge is 0.493 e. The molecule has 1 aliphatic rings. The molecule has 1 amide bonds. The summed E-state index contributed by atoms with van der Waals surface area (Å²) in [5.74, 6) is 0.813. The highest BCUT2D eigenvalue weighted by Gasteiger charge is 2.30. The van der Waals surface area contributed by atoms with Crippen molar-refractivity contribution in [3.8, 4) is 5.75 Å². The zero-order valence-electron chi connectivity index (χ0n) is 18.9. The van der Waals surface area contributed by atoms with Crippen molar-refractivity contribution in [2.45, 2.75) is 51.8 Å². The molecule has 2 aromatic rings. The number of hydrogen-bond donors (Lipinski definition) is 1. The van der Waals surface area contributed by atoms with Crippen molar-refractivity contribution >= 4 is 16.8 Å². The Labute approximate surface area is 185 Å². The van der Waals surface area contributed by atoms with Gasteiger partial charge in [-0.05, 0) is 25.5 Å². The van der Waals surface area contributed by atoms with Crippen LogP contribution in [0.25, 0.3) is 10.9 Å². The number of benzene rings is 1. The summed E-state index contributed by atoms with van der Waals surface area (Å²) in [6.45, 7) is 7.77. The van der Waals surface area contributed by atoms with Gasteiger partial charge in [-0.25, -0.2) is 0 Å². The van der Waals surface area contributed by atoms with Crippen LogP contribution >= 0.6 is 0 Å². The van der Waals surface area contributed by atoms with E-state index in [1.165, 1.54) is 0 Å². The predicted octanol–water partition coefficient (Wildman–Crippen LogP) is 3.16. The molecular formula is C24H35N3O4. The number of fused-ring (bicyclic) bond motifs is 1. The topological polar surface area (TPSA) is 72.9 Å². The molecule has 2 atom stereocenters. The number of nitrogens with one attached hydrogen (secondary N) is 1. The first-order valence-corrected chi connectivity index (χ1v) is 11.3. The Morgan fingerprint density at radius 2 is 2.19 bits per heavy atom. The Balaban J connectivity index is 1.85. The number of methoxy groups -OCH3 is 1. The second kappa shape index (κ2) is 12.0. The number of para-hydroxylation sites is 1. The lowest BCUT2D eigenvalue weighted by Crippen LogP contribution is -2.51. The highest BCUT2D eigenvalue weighted by atomic mass is 16.5. The van der Waals surface area contributed by atoms with E-state index in [0.717, 1.165) is 48.2 Å². The Morgan fingerprint density at radius 1 is 1.35 bits per heavy atom. The van der Waals surface area contributed by atoms with Gasteiger partial charge in [0.2, 0.25) is 0 Å². The van der Waals surface area contributed by atoms with Crippen LogP contribution < -0.4 is 10.1 Å². The number of carbonyl (C=O) groups excluding carboxylic acids is 1. The van der Waals surface area contributed by atoms with Gasteiger partial charge in [-0.1, -0.05) is 25.5 Å².